The Morgan fingerprint density at radius 1 is 1.27 bits per heavy atom. The van der Waals surface area contributed by atoms with E-state index in [1.54, 1.807) is 24.3 Å². The third kappa shape index (κ3) is 5.99. The average Bonchev–Trinajstić information content (AvgIpc) is 3.01. The van der Waals surface area contributed by atoms with Gasteiger partial charge in [-0.3, -0.25) is 9.59 Å². The van der Waals surface area contributed by atoms with Gasteiger partial charge in [0.05, 0.1) is 11.5 Å². The minimum Gasteiger partial charge on any atom is -0.355 e. The molecule has 1 amide bonds. The van der Waals surface area contributed by atoms with Crippen molar-refractivity contribution in [1.29, 1.82) is 0 Å². The monoisotopic (exact) mass is 340 g/mol. The maximum Gasteiger partial charge on any atom is 0.230 e. The molecule has 0 bridgehead atoms. The first-order valence-corrected chi connectivity index (χ1v) is 9.02. The van der Waals surface area contributed by atoms with Crippen molar-refractivity contribution in [3.63, 3.8) is 0 Å². The molecule has 0 saturated carbocycles. The molecule has 2 rings (SSSR count). The maximum atomic E-state index is 11.9. The van der Waals surface area contributed by atoms with E-state index in [0.717, 1.165) is 26.1 Å². The molecule has 1 unspecified atom stereocenters. The lowest BCUT2D eigenvalue weighted by Crippen LogP contribution is -2.28. The van der Waals surface area contributed by atoms with Crippen LogP contribution in [0.4, 0.5) is 0 Å². The Morgan fingerprint density at radius 2 is 2.05 bits per heavy atom. The van der Waals surface area contributed by atoms with Gasteiger partial charge in [-0.2, -0.15) is 0 Å². The van der Waals surface area contributed by atoms with Gasteiger partial charge in [-0.15, -0.1) is 11.8 Å². The summed E-state index contributed by atoms with van der Waals surface area (Å²) in [5.74, 6) is 1.33. The first kappa shape index (κ1) is 17.3. The molecule has 1 atom stereocenters. The molecular weight excluding hydrogens is 320 g/mol. The zero-order valence-electron chi connectivity index (χ0n) is 12.4. The van der Waals surface area contributed by atoms with Gasteiger partial charge in [-0.1, -0.05) is 11.6 Å². The number of nitrogens with one attached hydrogen (secondary N) is 2. The Labute approximate surface area is 140 Å². The van der Waals surface area contributed by atoms with Crippen LogP contribution in [0.5, 0.6) is 0 Å². The molecule has 6 heteroatoms. The summed E-state index contributed by atoms with van der Waals surface area (Å²) >= 11 is 7.13. The Hall–Kier alpha value is -1.04. The summed E-state index contributed by atoms with van der Waals surface area (Å²) in [6, 6.07) is 6.82. The highest BCUT2D eigenvalue weighted by Crippen LogP contribution is 2.13. The van der Waals surface area contributed by atoms with E-state index >= 15 is 0 Å². The van der Waals surface area contributed by atoms with E-state index < -0.39 is 0 Å². The lowest BCUT2D eigenvalue weighted by Gasteiger charge is -2.09. The molecular formula is C16H21ClN2O2S. The van der Waals surface area contributed by atoms with Gasteiger partial charge in [0, 0.05) is 17.1 Å². The summed E-state index contributed by atoms with van der Waals surface area (Å²) in [5.41, 5.74) is 0.631. The Bertz CT molecular complexity index is 501. The molecule has 4 nitrogen and oxygen atoms in total. The Balaban J connectivity index is 1.58. The first-order valence-electron chi connectivity index (χ1n) is 7.49. The second kappa shape index (κ2) is 9.18. The number of hydrogen-bond donors (Lipinski definition) is 2. The van der Waals surface area contributed by atoms with Crippen molar-refractivity contribution < 1.29 is 9.59 Å². The zero-order valence-corrected chi connectivity index (χ0v) is 14.0. The molecule has 1 aromatic carbocycles. The number of carbonyl (C=O) groups is 2. The van der Waals surface area contributed by atoms with E-state index in [2.05, 4.69) is 10.6 Å². The van der Waals surface area contributed by atoms with E-state index in [4.69, 9.17) is 11.6 Å². The van der Waals surface area contributed by atoms with Gasteiger partial charge in [0.25, 0.3) is 0 Å². The van der Waals surface area contributed by atoms with E-state index in [0.29, 0.717) is 28.0 Å². The lowest BCUT2D eigenvalue weighted by atomic mass is 10.1. The van der Waals surface area contributed by atoms with Gasteiger partial charge in [-0.25, -0.2) is 0 Å². The predicted octanol–water partition coefficient (Wildman–Crippen LogP) is 2.37. The van der Waals surface area contributed by atoms with Crippen LogP contribution in [-0.4, -0.2) is 42.8 Å². The molecule has 1 fully saturated rings. The topological polar surface area (TPSA) is 58.2 Å². The summed E-state index contributed by atoms with van der Waals surface area (Å²) in [7, 11) is 0. The minimum absolute atomic E-state index is 0.000128. The fourth-order valence-electron chi connectivity index (χ4n) is 2.38. The second-order valence-electron chi connectivity index (χ2n) is 5.42. The zero-order chi connectivity index (χ0) is 15.8. The predicted molar refractivity (Wildman–Crippen MR) is 91.7 cm³/mol. The first-order chi connectivity index (χ1) is 10.6. The standard InChI is InChI=1S/C16H21ClN2O2S/c17-14-3-1-13(2-4-14)15(20)10-22-11-16(21)19-8-6-12-5-7-18-9-12/h1-4,12,18H,5-11H2,(H,19,21). The maximum absolute atomic E-state index is 11.9. The molecule has 0 radical (unpaired) electrons. The SMILES string of the molecule is O=C(CSCC(=O)c1ccc(Cl)cc1)NCCC1CCNC1. The molecule has 120 valence electrons. The molecule has 2 N–H and O–H groups in total. The second-order valence-corrected chi connectivity index (χ2v) is 6.84. The molecule has 1 heterocycles. The fraction of sp³-hybridized carbons (Fsp3) is 0.500. The molecule has 1 aliphatic rings. The lowest BCUT2D eigenvalue weighted by molar-refractivity contribution is -0.118. The van der Waals surface area contributed by atoms with Crippen molar-refractivity contribution in [1.82, 2.24) is 10.6 Å². The van der Waals surface area contributed by atoms with Crippen molar-refractivity contribution in [2.45, 2.75) is 12.8 Å². The average molecular weight is 341 g/mol. The fourth-order valence-corrected chi connectivity index (χ4v) is 3.25. The number of hydrogen-bond acceptors (Lipinski definition) is 4. The van der Waals surface area contributed by atoms with Crippen LogP contribution in [0.25, 0.3) is 0 Å². The van der Waals surface area contributed by atoms with E-state index in [1.165, 1.54) is 18.2 Å². The van der Waals surface area contributed by atoms with Gasteiger partial charge in [0.2, 0.25) is 5.91 Å². The molecule has 1 aromatic rings. The van der Waals surface area contributed by atoms with Crippen LogP contribution in [0.2, 0.25) is 5.02 Å². The number of thioether (sulfide) groups is 1. The summed E-state index contributed by atoms with van der Waals surface area (Å²) in [6.45, 7) is 2.86. The molecule has 1 aliphatic heterocycles. The number of carbonyl (C=O) groups excluding carboxylic acids is 2. The van der Waals surface area contributed by atoms with Gasteiger partial charge in [0.15, 0.2) is 5.78 Å². The van der Waals surface area contributed by atoms with E-state index in [9.17, 15) is 9.59 Å². The molecule has 0 aliphatic carbocycles. The summed E-state index contributed by atoms with van der Waals surface area (Å²) in [4.78, 5) is 23.6. The van der Waals surface area contributed by atoms with Crippen LogP contribution in [-0.2, 0) is 4.79 Å². The summed E-state index contributed by atoms with van der Waals surface area (Å²) in [6.07, 6.45) is 2.22. The highest BCUT2D eigenvalue weighted by atomic mass is 35.5. The van der Waals surface area contributed by atoms with Crippen molar-refractivity contribution >= 4 is 35.1 Å². The van der Waals surface area contributed by atoms with Crippen molar-refractivity contribution in [2.24, 2.45) is 5.92 Å². The number of benzene rings is 1. The van der Waals surface area contributed by atoms with E-state index in [1.807, 2.05) is 0 Å². The van der Waals surface area contributed by atoms with Crippen LogP contribution in [0.15, 0.2) is 24.3 Å². The van der Waals surface area contributed by atoms with Crippen LogP contribution < -0.4 is 10.6 Å². The third-order valence-electron chi connectivity index (χ3n) is 3.67. The number of amides is 1. The number of rotatable bonds is 8. The molecule has 1 saturated heterocycles. The van der Waals surface area contributed by atoms with Gasteiger partial charge in [0.1, 0.15) is 0 Å². The van der Waals surface area contributed by atoms with Crippen molar-refractivity contribution in [3.05, 3.63) is 34.9 Å². The van der Waals surface area contributed by atoms with Gasteiger partial charge < -0.3 is 10.6 Å². The normalized spacial score (nSPS) is 17.4. The largest absolute Gasteiger partial charge is 0.355 e. The molecule has 0 spiro atoms. The van der Waals surface area contributed by atoms with Crippen LogP contribution in [0.3, 0.4) is 0 Å². The van der Waals surface area contributed by atoms with Crippen molar-refractivity contribution in [2.75, 3.05) is 31.1 Å². The van der Waals surface area contributed by atoms with Crippen LogP contribution >= 0.6 is 23.4 Å². The summed E-state index contributed by atoms with van der Waals surface area (Å²) < 4.78 is 0. The highest BCUT2D eigenvalue weighted by molar-refractivity contribution is 8.00. The number of Topliss-reactive ketones (excluding diaryl/α,β-unsaturated/α-hetero) is 1. The minimum atomic E-state index is -0.000128. The quantitative estimate of drug-likeness (QED) is 0.713. The number of halogens is 1. The Kier molecular flexibility index (Phi) is 7.22. The van der Waals surface area contributed by atoms with Gasteiger partial charge >= 0.3 is 0 Å². The third-order valence-corrected chi connectivity index (χ3v) is 4.85. The molecule has 0 aromatic heterocycles. The summed E-state index contributed by atoms with van der Waals surface area (Å²) in [5, 5.41) is 6.84. The highest BCUT2D eigenvalue weighted by Gasteiger charge is 2.14. The Morgan fingerprint density at radius 3 is 2.73 bits per heavy atom. The molecule has 22 heavy (non-hydrogen) atoms. The van der Waals surface area contributed by atoms with Gasteiger partial charge in [-0.05, 0) is 56.1 Å². The van der Waals surface area contributed by atoms with Crippen LogP contribution in [0.1, 0.15) is 23.2 Å². The number of ketones is 1. The van der Waals surface area contributed by atoms with Crippen molar-refractivity contribution in [3.8, 4) is 0 Å². The van der Waals surface area contributed by atoms with E-state index in [-0.39, 0.29) is 11.7 Å². The smallest absolute Gasteiger partial charge is 0.230 e. The van der Waals surface area contributed by atoms with Crippen LogP contribution in [0, 0.1) is 5.92 Å².